The predicted octanol–water partition coefficient (Wildman–Crippen LogP) is 6.32. The van der Waals surface area contributed by atoms with E-state index in [-0.39, 0.29) is 24.4 Å². The number of fused-ring (bicyclic) bond motifs is 2. The van der Waals surface area contributed by atoms with Crippen molar-refractivity contribution < 1.29 is 9.59 Å². The minimum absolute atomic E-state index is 0.0280. The fraction of sp³-hybridized carbons (Fsp3) is 0.267. The Morgan fingerprint density at radius 2 is 1.66 bits per heavy atom. The van der Waals surface area contributed by atoms with E-state index in [1.54, 1.807) is 16.2 Å². The molecule has 0 spiro atoms. The number of hydrogen-bond donors (Lipinski definition) is 0. The molecule has 1 aliphatic rings. The third-order valence-corrected chi connectivity index (χ3v) is 7.74. The standard InChI is InChI=1S/C30H30N2O2S/c1-30(2,3)32(29(34)24-14-13-21-9-7-8-12-23(21)19-24)20-27(33)31-17-15-26-25(16-18-35-26)28(31)22-10-5-4-6-11-22/h4-14,16,18-19,28H,15,17,20H2,1-3H3. The molecule has 1 aliphatic heterocycles. The Kier molecular flexibility index (Phi) is 6.20. The highest BCUT2D eigenvalue weighted by atomic mass is 32.1. The van der Waals surface area contributed by atoms with Gasteiger partial charge in [0.15, 0.2) is 0 Å². The van der Waals surface area contributed by atoms with Crippen LogP contribution in [-0.4, -0.2) is 40.2 Å². The molecule has 1 unspecified atom stereocenters. The van der Waals surface area contributed by atoms with Crippen LogP contribution in [0.5, 0.6) is 0 Å². The van der Waals surface area contributed by atoms with Crippen LogP contribution < -0.4 is 0 Å². The van der Waals surface area contributed by atoms with Crippen LogP contribution in [0.3, 0.4) is 0 Å². The molecule has 4 nitrogen and oxygen atoms in total. The van der Waals surface area contributed by atoms with Gasteiger partial charge in [-0.1, -0.05) is 60.7 Å². The number of nitrogens with zero attached hydrogens (tertiary/aromatic N) is 2. The number of carbonyl (C=O) groups excluding carboxylic acids is 2. The molecule has 0 aliphatic carbocycles. The van der Waals surface area contributed by atoms with Crippen molar-refractivity contribution in [2.45, 2.75) is 38.8 Å². The molecule has 2 heterocycles. The molecule has 0 N–H and O–H groups in total. The number of benzene rings is 3. The number of rotatable bonds is 4. The van der Waals surface area contributed by atoms with Gasteiger partial charge in [0.05, 0.1) is 6.04 Å². The largest absolute Gasteiger partial charge is 0.330 e. The van der Waals surface area contributed by atoms with Crippen molar-refractivity contribution in [2.24, 2.45) is 0 Å². The van der Waals surface area contributed by atoms with Crippen molar-refractivity contribution in [2.75, 3.05) is 13.1 Å². The van der Waals surface area contributed by atoms with Gasteiger partial charge in [-0.25, -0.2) is 0 Å². The van der Waals surface area contributed by atoms with Gasteiger partial charge in [0.25, 0.3) is 5.91 Å². The van der Waals surface area contributed by atoms with E-state index in [2.05, 4.69) is 23.6 Å². The first-order valence-corrected chi connectivity index (χ1v) is 12.9. The summed E-state index contributed by atoms with van der Waals surface area (Å²) in [4.78, 5) is 32.6. The summed E-state index contributed by atoms with van der Waals surface area (Å²) in [5.41, 5.74) is 2.39. The summed E-state index contributed by atoms with van der Waals surface area (Å²) in [6.45, 7) is 6.65. The van der Waals surface area contributed by atoms with Crippen molar-refractivity contribution in [3.8, 4) is 0 Å². The molecule has 0 saturated heterocycles. The summed E-state index contributed by atoms with van der Waals surface area (Å²) in [5, 5.41) is 4.22. The van der Waals surface area contributed by atoms with Crippen LogP contribution in [0.2, 0.25) is 0 Å². The summed E-state index contributed by atoms with van der Waals surface area (Å²) in [5.74, 6) is -0.152. The maximum atomic E-state index is 13.9. The van der Waals surface area contributed by atoms with E-state index in [1.165, 1.54) is 10.4 Å². The molecule has 1 aromatic heterocycles. The van der Waals surface area contributed by atoms with E-state index in [4.69, 9.17) is 0 Å². The van der Waals surface area contributed by atoms with Gasteiger partial charge in [-0.15, -0.1) is 11.3 Å². The molecule has 0 bridgehead atoms. The van der Waals surface area contributed by atoms with Crippen LogP contribution in [0.1, 0.15) is 53.2 Å². The van der Waals surface area contributed by atoms with Crippen LogP contribution in [0, 0.1) is 0 Å². The number of thiophene rings is 1. The summed E-state index contributed by atoms with van der Waals surface area (Å²) < 4.78 is 0. The number of hydrogen-bond acceptors (Lipinski definition) is 3. The van der Waals surface area contributed by atoms with Crippen molar-refractivity contribution >= 4 is 33.9 Å². The van der Waals surface area contributed by atoms with Gasteiger partial charge in [0.1, 0.15) is 6.54 Å². The van der Waals surface area contributed by atoms with E-state index in [9.17, 15) is 9.59 Å². The van der Waals surface area contributed by atoms with Crippen molar-refractivity contribution in [1.82, 2.24) is 9.80 Å². The van der Waals surface area contributed by atoms with Crippen LogP contribution >= 0.6 is 11.3 Å². The Balaban J connectivity index is 1.46. The van der Waals surface area contributed by atoms with Crippen molar-refractivity contribution in [3.63, 3.8) is 0 Å². The summed E-state index contributed by atoms with van der Waals surface area (Å²) in [7, 11) is 0. The van der Waals surface area contributed by atoms with Gasteiger partial charge in [-0.2, -0.15) is 0 Å². The lowest BCUT2D eigenvalue weighted by atomic mass is 9.93. The molecule has 5 rings (SSSR count). The van der Waals surface area contributed by atoms with Gasteiger partial charge in [0, 0.05) is 22.5 Å². The molecule has 2 amide bonds. The Morgan fingerprint density at radius 1 is 0.943 bits per heavy atom. The molecule has 0 fully saturated rings. The van der Waals surface area contributed by atoms with E-state index in [0.29, 0.717) is 12.1 Å². The minimum atomic E-state index is -0.510. The lowest BCUT2D eigenvalue weighted by Gasteiger charge is -2.40. The summed E-state index contributed by atoms with van der Waals surface area (Å²) >= 11 is 1.76. The van der Waals surface area contributed by atoms with E-state index in [1.807, 2.05) is 86.3 Å². The number of amides is 2. The second-order valence-corrected chi connectivity index (χ2v) is 11.1. The molecular weight excluding hydrogens is 452 g/mol. The van der Waals surface area contributed by atoms with Gasteiger partial charge in [0.2, 0.25) is 5.91 Å². The van der Waals surface area contributed by atoms with E-state index in [0.717, 1.165) is 22.8 Å². The first-order valence-electron chi connectivity index (χ1n) is 12.0. The Hall–Kier alpha value is -3.44. The maximum Gasteiger partial charge on any atom is 0.254 e. The molecule has 3 aromatic carbocycles. The molecule has 4 aromatic rings. The topological polar surface area (TPSA) is 40.6 Å². The molecule has 0 saturated carbocycles. The smallest absolute Gasteiger partial charge is 0.254 e. The third kappa shape index (κ3) is 4.61. The molecule has 1 atom stereocenters. The van der Waals surface area contributed by atoms with Gasteiger partial charge in [-0.3, -0.25) is 9.59 Å². The minimum Gasteiger partial charge on any atom is -0.330 e. The fourth-order valence-corrected chi connectivity index (χ4v) is 5.80. The predicted molar refractivity (Wildman–Crippen MR) is 143 cm³/mol. The summed E-state index contributed by atoms with van der Waals surface area (Å²) in [6, 6.07) is 26.0. The highest BCUT2D eigenvalue weighted by molar-refractivity contribution is 7.10. The van der Waals surface area contributed by atoms with Crippen LogP contribution in [-0.2, 0) is 11.2 Å². The van der Waals surface area contributed by atoms with Gasteiger partial charge >= 0.3 is 0 Å². The zero-order valence-corrected chi connectivity index (χ0v) is 21.2. The Bertz CT molecular complexity index is 1370. The zero-order valence-electron chi connectivity index (χ0n) is 20.4. The SMILES string of the molecule is CC(C)(C)N(CC(=O)N1CCc2sccc2C1c1ccccc1)C(=O)c1ccc2ccccc2c1. The lowest BCUT2D eigenvalue weighted by Crippen LogP contribution is -2.52. The van der Waals surface area contributed by atoms with Gasteiger partial charge in [-0.05, 0) is 72.7 Å². The van der Waals surface area contributed by atoms with Crippen molar-refractivity contribution in [1.29, 1.82) is 0 Å². The fourth-order valence-electron chi connectivity index (χ4n) is 4.90. The number of carbonyl (C=O) groups is 2. The molecule has 0 radical (unpaired) electrons. The van der Waals surface area contributed by atoms with Gasteiger partial charge < -0.3 is 9.80 Å². The Morgan fingerprint density at radius 3 is 2.40 bits per heavy atom. The average Bonchev–Trinajstić information content (AvgIpc) is 3.34. The molecule has 5 heteroatoms. The molecular formula is C30H30N2O2S. The van der Waals surface area contributed by atoms with E-state index >= 15 is 0 Å². The first kappa shape index (κ1) is 23.3. The van der Waals surface area contributed by atoms with Crippen LogP contribution in [0.4, 0.5) is 0 Å². The zero-order chi connectivity index (χ0) is 24.6. The lowest BCUT2D eigenvalue weighted by molar-refractivity contribution is -0.135. The second-order valence-electron chi connectivity index (χ2n) is 10.1. The van der Waals surface area contributed by atoms with E-state index < -0.39 is 5.54 Å². The monoisotopic (exact) mass is 482 g/mol. The molecule has 35 heavy (non-hydrogen) atoms. The highest BCUT2D eigenvalue weighted by Gasteiger charge is 2.36. The second kappa shape index (κ2) is 9.31. The summed E-state index contributed by atoms with van der Waals surface area (Å²) in [6.07, 6.45) is 0.843. The first-order chi connectivity index (χ1) is 16.8. The van der Waals surface area contributed by atoms with Crippen LogP contribution in [0.25, 0.3) is 10.8 Å². The average molecular weight is 483 g/mol. The Labute approximate surface area is 210 Å². The van der Waals surface area contributed by atoms with Crippen LogP contribution in [0.15, 0.2) is 84.2 Å². The normalized spacial score (nSPS) is 15.6. The molecule has 178 valence electrons. The quantitative estimate of drug-likeness (QED) is 0.342. The maximum absolute atomic E-state index is 13.9. The van der Waals surface area contributed by atoms with Crippen molar-refractivity contribution in [3.05, 3.63) is 106 Å². The third-order valence-electron chi connectivity index (χ3n) is 6.75. The highest BCUT2D eigenvalue weighted by Crippen LogP contribution is 2.38.